The third kappa shape index (κ3) is 6.87. The van der Waals surface area contributed by atoms with E-state index in [4.69, 9.17) is 26.8 Å². The number of alkyl halides is 3. The summed E-state index contributed by atoms with van der Waals surface area (Å²) in [6.07, 6.45) is -1.61. The minimum atomic E-state index is -4.68. The highest BCUT2D eigenvalue weighted by Gasteiger charge is 2.34. The Bertz CT molecular complexity index is 1740. The summed E-state index contributed by atoms with van der Waals surface area (Å²) < 4.78 is 66.8. The Labute approximate surface area is 246 Å². The van der Waals surface area contributed by atoms with Crippen molar-refractivity contribution in [1.29, 1.82) is 0 Å². The van der Waals surface area contributed by atoms with Gasteiger partial charge >= 0.3 is 6.18 Å². The number of aromatic nitrogens is 3. The van der Waals surface area contributed by atoms with E-state index >= 15 is 0 Å². The van der Waals surface area contributed by atoms with Gasteiger partial charge in [0, 0.05) is 54.2 Å². The van der Waals surface area contributed by atoms with E-state index in [0.717, 1.165) is 39.9 Å². The normalized spacial score (nSPS) is 12.2. The lowest BCUT2D eigenvalue weighted by atomic mass is 10.0. The Kier molecular flexibility index (Phi) is 9.21. The van der Waals surface area contributed by atoms with Crippen molar-refractivity contribution in [3.05, 3.63) is 93.6 Å². The van der Waals surface area contributed by atoms with E-state index in [1.54, 1.807) is 0 Å². The van der Waals surface area contributed by atoms with Gasteiger partial charge in [-0.25, -0.2) is 9.37 Å². The quantitative estimate of drug-likeness (QED) is 0.244. The van der Waals surface area contributed by atoms with E-state index in [2.05, 4.69) is 10.3 Å². The van der Waals surface area contributed by atoms with Gasteiger partial charge in [0.25, 0.3) is 11.5 Å². The Morgan fingerprint density at radius 1 is 1.09 bits per heavy atom. The van der Waals surface area contributed by atoms with Gasteiger partial charge in [-0.2, -0.15) is 13.2 Å². The molecule has 4 aromatic rings. The first-order chi connectivity index (χ1) is 20.3. The van der Waals surface area contributed by atoms with Crippen molar-refractivity contribution in [2.24, 2.45) is 5.73 Å². The van der Waals surface area contributed by atoms with Gasteiger partial charge in [0.05, 0.1) is 30.9 Å². The van der Waals surface area contributed by atoms with Crippen molar-refractivity contribution < 1.29 is 36.6 Å². The molecule has 15 heteroatoms. The number of nitrogens with zero attached hydrogens (tertiary/aromatic N) is 3. The predicted octanol–water partition coefficient (Wildman–Crippen LogP) is 4.84. The fourth-order valence-electron chi connectivity index (χ4n) is 4.34. The highest BCUT2D eigenvalue weighted by molar-refractivity contribution is 6.31. The maximum absolute atomic E-state index is 14.3. The number of hydrogen-bond donors (Lipinski definition) is 2. The lowest BCUT2D eigenvalue weighted by Gasteiger charge is -2.22. The smallest absolute Gasteiger partial charge is 0.434 e. The molecule has 2 aromatic carbocycles. The Balaban J connectivity index is 1.77. The molecule has 43 heavy (non-hydrogen) atoms. The maximum Gasteiger partial charge on any atom is 0.434 e. The molecule has 0 spiro atoms. The number of nitrogens with one attached hydrogen (secondary N) is 1. The Hall–Kier alpha value is -4.69. The topological polar surface area (TPSA) is 130 Å². The van der Waals surface area contributed by atoms with Gasteiger partial charge in [-0.15, -0.1) is 0 Å². The fourth-order valence-corrected chi connectivity index (χ4v) is 4.51. The number of primary amides is 1. The highest BCUT2D eigenvalue weighted by atomic mass is 35.5. The largest absolute Gasteiger partial charge is 0.495 e. The average molecular weight is 622 g/mol. The van der Waals surface area contributed by atoms with Gasteiger partial charge in [-0.3, -0.25) is 19.0 Å². The zero-order valence-electron chi connectivity index (χ0n) is 22.6. The van der Waals surface area contributed by atoms with Crippen LogP contribution in [-0.2, 0) is 15.7 Å². The first-order valence-corrected chi connectivity index (χ1v) is 12.8. The molecule has 0 aliphatic carbocycles. The summed E-state index contributed by atoms with van der Waals surface area (Å²) in [5.41, 5.74) is 3.63. The number of halogens is 5. The second-order valence-corrected chi connectivity index (χ2v) is 9.61. The number of benzene rings is 2. The monoisotopic (exact) mass is 621 g/mol. The van der Waals surface area contributed by atoms with Crippen molar-refractivity contribution in [2.75, 3.05) is 26.1 Å². The number of ether oxygens (including phenoxy) is 2. The van der Waals surface area contributed by atoms with Crippen LogP contribution >= 0.6 is 11.6 Å². The second kappa shape index (κ2) is 12.7. The van der Waals surface area contributed by atoms with Crippen LogP contribution in [0.15, 0.2) is 66.0 Å². The Morgan fingerprint density at radius 2 is 1.84 bits per heavy atom. The summed E-state index contributed by atoms with van der Waals surface area (Å²) in [7, 11) is 2.71. The number of pyridine rings is 1. The van der Waals surface area contributed by atoms with E-state index in [0.29, 0.717) is 0 Å². The van der Waals surface area contributed by atoms with E-state index in [1.165, 1.54) is 44.7 Å². The molecule has 0 radical (unpaired) electrons. The third-order valence-corrected chi connectivity index (χ3v) is 6.63. The molecule has 1 atom stereocenters. The molecular formula is C28H24ClF4N5O5. The summed E-state index contributed by atoms with van der Waals surface area (Å²) in [5.74, 6) is -2.55. The van der Waals surface area contributed by atoms with Crippen LogP contribution in [0.2, 0.25) is 5.02 Å². The number of carbonyl (C=O) groups excluding carboxylic acids is 2. The predicted molar refractivity (Wildman–Crippen MR) is 149 cm³/mol. The van der Waals surface area contributed by atoms with Crippen molar-refractivity contribution >= 4 is 29.1 Å². The van der Waals surface area contributed by atoms with Gasteiger partial charge < -0.3 is 25.1 Å². The van der Waals surface area contributed by atoms with Crippen LogP contribution in [0.3, 0.4) is 0 Å². The second-order valence-electron chi connectivity index (χ2n) is 9.17. The van der Waals surface area contributed by atoms with E-state index in [-0.39, 0.29) is 51.9 Å². The summed E-state index contributed by atoms with van der Waals surface area (Å²) >= 11 is 6.21. The number of methoxy groups -OCH3 is 2. The van der Waals surface area contributed by atoms with Crippen molar-refractivity contribution in [3.8, 4) is 22.6 Å². The molecule has 0 aliphatic rings. The number of amides is 2. The van der Waals surface area contributed by atoms with Crippen molar-refractivity contribution in [3.63, 3.8) is 0 Å². The van der Waals surface area contributed by atoms with E-state index in [9.17, 15) is 31.9 Å². The van der Waals surface area contributed by atoms with Gasteiger partial charge in [-0.05, 0) is 36.4 Å². The SMILES string of the molecule is COCCC(C(=O)Nc1ccc(C(N)=O)c(F)c1)n1cc(OC)c(-c2cc(Cl)ccc2-n2cnc(C(F)(F)F)c2)cc1=O. The van der Waals surface area contributed by atoms with Crippen LogP contribution in [0.1, 0.15) is 28.5 Å². The van der Waals surface area contributed by atoms with Crippen LogP contribution in [0.5, 0.6) is 5.75 Å². The number of carbonyl (C=O) groups is 2. The molecular weight excluding hydrogens is 598 g/mol. The summed E-state index contributed by atoms with van der Waals surface area (Å²) in [5, 5.41) is 2.74. The minimum absolute atomic E-state index is 0.00804. The first-order valence-electron chi connectivity index (χ1n) is 12.4. The van der Waals surface area contributed by atoms with E-state index in [1.807, 2.05) is 0 Å². The standard InChI is InChI=1S/C28H24ClF4N5O5/c1-42-8-7-22(27(41)36-16-4-5-17(26(34)40)20(30)10-16)38-12-23(43-2)19(11-25(38)39)18-9-15(29)3-6-21(18)37-13-24(35-14-37)28(31,32)33/h3-6,9-14,22H,7-8H2,1-2H3,(H2,34,40)(H,36,41). The number of hydrogen-bond acceptors (Lipinski definition) is 6. The molecule has 0 saturated carbocycles. The fraction of sp³-hybridized carbons (Fsp3) is 0.214. The van der Waals surface area contributed by atoms with Crippen molar-refractivity contribution in [2.45, 2.75) is 18.6 Å². The highest BCUT2D eigenvalue weighted by Crippen LogP contribution is 2.37. The number of rotatable bonds is 10. The summed E-state index contributed by atoms with van der Waals surface area (Å²) in [6.45, 7) is 0.0597. The lowest BCUT2D eigenvalue weighted by molar-refractivity contribution is -0.140. The molecule has 4 rings (SSSR count). The maximum atomic E-state index is 14.3. The summed E-state index contributed by atoms with van der Waals surface area (Å²) in [4.78, 5) is 41.5. The van der Waals surface area contributed by atoms with Gasteiger partial charge in [-0.1, -0.05) is 11.6 Å². The van der Waals surface area contributed by atoms with Gasteiger partial charge in [0.2, 0.25) is 5.91 Å². The average Bonchev–Trinajstić information content (AvgIpc) is 3.44. The number of imidazole rings is 1. The van der Waals surface area contributed by atoms with Crippen LogP contribution < -0.4 is 21.3 Å². The van der Waals surface area contributed by atoms with Gasteiger partial charge in [0.15, 0.2) is 5.69 Å². The molecule has 0 saturated heterocycles. The zero-order valence-corrected chi connectivity index (χ0v) is 23.4. The van der Waals surface area contributed by atoms with Crippen LogP contribution in [0.4, 0.5) is 23.2 Å². The first kappa shape index (κ1) is 31.3. The molecule has 2 aromatic heterocycles. The molecule has 3 N–H and O–H groups in total. The third-order valence-electron chi connectivity index (χ3n) is 6.40. The Morgan fingerprint density at radius 3 is 2.44 bits per heavy atom. The molecule has 1 unspecified atom stereocenters. The molecule has 2 heterocycles. The lowest BCUT2D eigenvalue weighted by Crippen LogP contribution is -2.34. The molecule has 0 bridgehead atoms. The van der Waals surface area contributed by atoms with Crippen molar-refractivity contribution in [1.82, 2.24) is 14.1 Å². The molecule has 226 valence electrons. The molecule has 0 aliphatic heterocycles. The molecule has 10 nitrogen and oxygen atoms in total. The van der Waals surface area contributed by atoms with E-state index < -0.39 is 41.1 Å². The zero-order chi connectivity index (χ0) is 31.5. The minimum Gasteiger partial charge on any atom is -0.495 e. The number of anilines is 1. The number of nitrogens with two attached hydrogens (primary N) is 1. The molecule has 2 amide bonds. The van der Waals surface area contributed by atoms with Crippen LogP contribution in [-0.4, -0.2) is 46.8 Å². The van der Waals surface area contributed by atoms with Crippen LogP contribution in [0.25, 0.3) is 16.8 Å². The molecule has 0 fully saturated rings. The summed E-state index contributed by atoms with van der Waals surface area (Å²) in [6, 6.07) is 7.67. The van der Waals surface area contributed by atoms with Gasteiger partial charge in [0.1, 0.15) is 17.6 Å². The van der Waals surface area contributed by atoms with Crippen LogP contribution in [0, 0.1) is 5.82 Å².